The molecule has 3 aromatic rings. The molecule has 1 amide bonds. The molecule has 0 atom stereocenters. The van der Waals surface area contributed by atoms with Crippen molar-refractivity contribution in [3.63, 3.8) is 0 Å². The number of amides is 1. The predicted molar refractivity (Wildman–Crippen MR) is 106 cm³/mol. The van der Waals surface area contributed by atoms with Gasteiger partial charge < -0.3 is 9.88 Å². The third-order valence-corrected chi connectivity index (χ3v) is 5.10. The fourth-order valence-electron chi connectivity index (χ4n) is 2.90. The van der Waals surface area contributed by atoms with Crippen LogP contribution in [0.1, 0.15) is 12.8 Å². The first kappa shape index (κ1) is 19.0. The van der Waals surface area contributed by atoms with Gasteiger partial charge in [0.1, 0.15) is 0 Å². The Bertz CT molecular complexity index is 1110. The molecule has 0 fully saturated rings. The van der Waals surface area contributed by atoms with E-state index in [1.807, 2.05) is 30.5 Å². The Kier molecular flexibility index (Phi) is 5.50. The summed E-state index contributed by atoms with van der Waals surface area (Å²) in [5.41, 5.74) is 0.687. The monoisotopic (exact) mass is 387 g/mol. The van der Waals surface area contributed by atoms with Gasteiger partial charge in [0, 0.05) is 37.6 Å². The molecule has 0 aliphatic rings. The number of aryl methyl sites for hydroxylation is 2. The number of imidazole rings is 1. The lowest BCUT2D eigenvalue weighted by Gasteiger charge is -2.08. The summed E-state index contributed by atoms with van der Waals surface area (Å²) in [4.78, 5) is 41.8. The molecular weight excluding hydrogens is 366 g/mol. The summed E-state index contributed by atoms with van der Waals surface area (Å²) in [6, 6.07) is 7.67. The summed E-state index contributed by atoms with van der Waals surface area (Å²) in [6.45, 7) is 0.461. The number of anilines is 1. The van der Waals surface area contributed by atoms with Crippen molar-refractivity contribution < 1.29 is 4.79 Å². The van der Waals surface area contributed by atoms with Crippen LogP contribution in [-0.2, 0) is 25.4 Å². The Balaban J connectivity index is 1.68. The van der Waals surface area contributed by atoms with Gasteiger partial charge in [-0.2, -0.15) is 0 Å². The largest absolute Gasteiger partial charge is 0.332 e. The molecule has 2 heterocycles. The van der Waals surface area contributed by atoms with Gasteiger partial charge >= 0.3 is 5.69 Å². The maximum absolute atomic E-state index is 12.4. The van der Waals surface area contributed by atoms with Crippen molar-refractivity contribution in [3.05, 3.63) is 51.4 Å². The SMILES string of the molecule is CSc1cccc(NC(=O)CCCn2cnc3c2c(=O)n(C)c(=O)n3C)c1. The van der Waals surface area contributed by atoms with Gasteiger partial charge in [0.25, 0.3) is 5.56 Å². The zero-order chi connectivity index (χ0) is 19.6. The summed E-state index contributed by atoms with van der Waals surface area (Å²) in [7, 11) is 3.02. The lowest BCUT2D eigenvalue weighted by molar-refractivity contribution is -0.116. The van der Waals surface area contributed by atoms with Gasteiger partial charge in [-0.05, 0) is 30.9 Å². The lowest BCUT2D eigenvalue weighted by Crippen LogP contribution is -2.37. The molecule has 0 radical (unpaired) electrons. The normalized spacial score (nSPS) is 11.1. The molecule has 1 aromatic carbocycles. The van der Waals surface area contributed by atoms with E-state index in [9.17, 15) is 14.4 Å². The smallest absolute Gasteiger partial charge is 0.326 e. The molecule has 0 aliphatic carbocycles. The average Bonchev–Trinajstić information content (AvgIpc) is 3.09. The number of nitrogens with zero attached hydrogens (tertiary/aromatic N) is 4. The fraction of sp³-hybridized carbons (Fsp3) is 0.333. The fourth-order valence-corrected chi connectivity index (χ4v) is 3.36. The summed E-state index contributed by atoms with van der Waals surface area (Å²) < 4.78 is 4.10. The number of rotatable bonds is 6. The van der Waals surface area contributed by atoms with Gasteiger partial charge in [0.15, 0.2) is 11.2 Å². The molecule has 9 heteroatoms. The van der Waals surface area contributed by atoms with Crippen LogP contribution in [-0.4, -0.2) is 30.8 Å². The van der Waals surface area contributed by atoms with E-state index in [-0.39, 0.29) is 11.5 Å². The van der Waals surface area contributed by atoms with E-state index in [0.717, 1.165) is 15.1 Å². The highest BCUT2D eigenvalue weighted by Gasteiger charge is 2.14. The molecule has 0 unspecified atom stereocenters. The summed E-state index contributed by atoms with van der Waals surface area (Å²) in [6.07, 6.45) is 4.38. The van der Waals surface area contributed by atoms with Gasteiger partial charge in [-0.15, -0.1) is 11.8 Å². The molecule has 142 valence electrons. The Labute approximate surface area is 159 Å². The lowest BCUT2D eigenvalue weighted by atomic mass is 10.2. The third kappa shape index (κ3) is 3.82. The highest BCUT2D eigenvalue weighted by atomic mass is 32.2. The first-order chi connectivity index (χ1) is 12.9. The molecule has 0 spiro atoms. The maximum atomic E-state index is 12.4. The number of carbonyl (C=O) groups is 1. The van der Waals surface area contributed by atoms with E-state index in [0.29, 0.717) is 30.6 Å². The van der Waals surface area contributed by atoms with Crippen molar-refractivity contribution in [3.8, 4) is 0 Å². The quantitative estimate of drug-likeness (QED) is 0.649. The predicted octanol–water partition coefficient (Wildman–Crippen LogP) is 1.57. The Morgan fingerprint density at radius 2 is 2.00 bits per heavy atom. The Hall–Kier alpha value is -2.81. The van der Waals surface area contributed by atoms with Gasteiger partial charge in [0.05, 0.1) is 6.33 Å². The van der Waals surface area contributed by atoms with Crippen LogP contribution in [0.5, 0.6) is 0 Å². The van der Waals surface area contributed by atoms with Crippen molar-refractivity contribution in [2.45, 2.75) is 24.3 Å². The van der Waals surface area contributed by atoms with Crippen molar-refractivity contribution >= 4 is 34.5 Å². The minimum atomic E-state index is -0.412. The first-order valence-corrected chi connectivity index (χ1v) is 9.69. The van der Waals surface area contributed by atoms with Gasteiger partial charge in [0.2, 0.25) is 5.91 Å². The van der Waals surface area contributed by atoms with Crippen LogP contribution in [0, 0.1) is 0 Å². The number of carbonyl (C=O) groups excluding carboxylic acids is 1. The molecule has 0 bridgehead atoms. The summed E-state index contributed by atoms with van der Waals surface area (Å²) >= 11 is 1.61. The van der Waals surface area contributed by atoms with Crippen LogP contribution in [0.3, 0.4) is 0 Å². The van der Waals surface area contributed by atoms with E-state index < -0.39 is 5.69 Å². The minimum Gasteiger partial charge on any atom is -0.326 e. The van der Waals surface area contributed by atoms with E-state index in [4.69, 9.17) is 0 Å². The van der Waals surface area contributed by atoms with E-state index >= 15 is 0 Å². The zero-order valence-corrected chi connectivity index (χ0v) is 16.2. The average molecular weight is 387 g/mol. The highest BCUT2D eigenvalue weighted by Crippen LogP contribution is 2.19. The first-order valence-electron chi connectivity index (χ1n) is 8.47. The molecule has 1 N–H and O–H groups in total. The van der Waals surface area contributed by atoms with Crippen LogP contribution in [0.25, 0.3) is 11.2 Å². The maximum Gasteiger partial charge on any atom is 0.332 e. The van der Waals surface area contributed by atoms with Crippen molar-refractivity contribution in [1.82, 2.24) is 18.7 Å². The Morgan fingerprint density at radius 3 is 2.74 bits per heavy atom. The molecule has 0 aliphatic heterocycles. The van der Waals surface area contributed by atoms with E-state index in [1.165, 1.54) is 17.9 Å². The number of fused-ring (bicyclic) bond motifs is 1. The minimum absolute atomic E-state index is 0.0852. The van der Waals surface area contributed by atoms with Crippen LogP contribution in [0.15, 0.2) is 45.1 Å². The van der Waals surface area contributed by atoms with Crippen LogP contribution >= 0.6 is 11.8 Å². The van der Waals surface area contributed by atoms with Crippen molar-refractivity contribution in [2.75, 3.05) is 11.6 Å². The zero-order valence-electron chi connectivity index (χ0n) is 15.4. The van der Waals surface area contributed by atoms with Crippen molar-refractivity contribution in [1.29, 1.82) is 0 Å². The number of hydrogen-bond acceptors (Lipinski definition) is 5. The van der Waals surface area contributed by atoms with E-state index in [2.05, 4.69) is 10.3 Å². The molecule has 0 saturated carbocycles. The standard InChI is InChI=1S/C18H21N5O3S/c1-21-16-15(17(25)22(2)18(21)26)23(11-19-16)9-5-8-14(24)20-12-6-4-7-13(10-12)27-3/h4,6-7,10-11H,5,8-9H2,1-3H3,(H,20,24). The van der Waals surface area contributed by atoms with Crippen LogP contribution < -0.4 is 16.6 Å². The summed E-state index contributed by atoms with van der Waals surface area (Å²) in [5, 5.41) is 2.88. The number of aromatic nitrogens is 4. The topological polar surface area (TPSA) is 90.9 Å². The summed E-state index contributed by atoms with van der Waals surface area (Å²) in [5.74, 6) is -0.0852. The van der Waals surface area contributed by atoms with Gasteiger partial charge in [-0.3, -0.25) is 18.7 Å². The van der Waals surface area contributed by atoms with Crippen molar-refractivity contribution in [2.24, 2.45) is 14.1 Å². The molecule has 2 aromatic heterocycles. The highest BCUT2D eigenvalue weighted by molar-refractivity contribution is 7.98. The second-order valence-electron chi connectivity index (χ2n) is 6.20. The van der Waals surface area contributed by atoms with Crippen LogP contribution in [0.4, 0.5) is 5.69 Å². The Morgan fingerprint density at radius 1 is 1.22 bits per heavy atom. The molecule has 0 saturated heterocycles. The van der Waals surface area contributed by atoms with Gasteiger partial charge in [-0.25, -0.2) is 9.78 Å². The molecule has 3 rings (SSSR count). The number of benzene rings is 1. The third-order valence-electron chi connectivity index (χ3n) is 4.37. The molecular formula is C18H21N5O3S. The van der Waals surface area contributed by atoms with Gasteiger partial charge in [-0.1, -0.05) is 6.07 Å². The van der Waals surface area contributed by atoms with Crippen LogP contribution in [0.2, 0.25) is 0 Å². The second-order valence-corrected chi connectivity index (χ2v) is 7.08. The molecule has 27 heavy (non-hydrogen) atoms. The molecule has 8 nitrogen and oxygen atoms in total. The number of hydrogen-bond donors (Lipinski definition) is 1. The second kappa shape index (κ2) is 7.83. The number of thioether (sulfide) groups is 1. The number of nitrogens with one attached hydrogen (secondary N) is 1. The van der Waals surface area contributed by atoms with E-state index in [1.54, 1.807) is 23.4 Å².